The van der Waals surface area contributed by atoms with Crippen LogP contribution in [0.5, 0.6) is 0 Å². The second-order valence-electron chi connectivity index (χ2n) is 3.48. The second-order valence-corrected chi connectivity index (χ2v) is 3.48. The molecule has 0 saturated heterocycles. The van der Waals surface area contributed by atoms with Crippen LogP contribution in [-0.4, -0.2) is 43.0 Å². The van der Waals surface area contributed by atoms with Gasteiger partial charge in [0.15, 0.2) is 5.82 Å². The van der Waals surface area contributed by atoms with E-state index in [9.17, 15) is 18.0 Å². The summed E-state index contributed by atoms with van der Waals surface area (Å²) in [4.78, 5) is 11.7. The number of carbonyl (C=O) groups is 1. The predicted octanol–water partition coefficient (Wildman–Crippen LogP) is -0.295. The Hall–Kier alpha value is -1.71. The number of nitrogens with one attached hydrogen (secondary N) is 1. The van der Waals surface area contributed by atoms with Gasteiger partial charge in [0.25, 0.3) is 0 Å². The third-order valence-electron chi connectivity index (χ3n) is 2.14. The van der Waals surface area contributed by atoms with Crippen molar-refractivity contribution in [3.63, 3.8) is 0 Å². The average Bonchev–Trinajstić information content (AvgIpc) is 2.58. The number of tetrazole rings is 1. The number of rotatable bonds is 4. The lowest BCUT2D eigenvalue weighted by Crippen LogP contribution is -2.59. The van der Waals surface area contributed by atoms with Crippen molar-refractivity contribution in [3.8, 4) is 0 Å². The van der Waals surface area contributed by atoms with E-state index in [1.54, 1.807) is 0 Å². The summed E-state index contributed by atoms with van der Waals surface area (Å²) < 4.78 is 37.7. The van der Waals surface area contributed by atoms with Gasteiger partial charge in [0.2, 0.25) is 5.54 Å². The molecular formula is C7H10F3N5O2. The van der Waals surface area contributed by atoms with E-state index in [0.717, 1.165) is 4.80 Å². The lowest BCUT2D eigenvalue weighted by atomic mass is 10.0. The molecule has 7 nitrogen and oxygen atoms in total. The van der Waals surface area contributed by atoms with Crippen molar-refractivity contribution in [2.45, 2.75) is 25.2 Å². The van der Waals surface area contributed by atoms with Gasteiger partial charge in [0, 0.05) is 0 Å². The van der Waals surface area contributed by atoms with Crippen molar-refractivity contribution in [1.82, 2.24) is 25.5 Å². The molecule has 1 aromatic rings. The molecular weight excluding hydrogens is 243 g/mol. The number of halogens is 3. The first kappa shape index (κ1) is 13.4. The molecule has 1 unspecified atom stereocenters. The van der Waals surface area contributed by atoms with Crippen LogP contribution in [0.1, 0.15) is 12.7 Å². The second kappa shape index (κ2) is 4.28. The van der Waals surface area contributed by atoms with Gasteiger partial charge >= 0.3 is 12.1 Å². The normalized spacial score (nSPS) is 15.6. The first-order chi connectivity index (χ1) is 7.67. The van der Waals surface area contributed by atoms with Crippen molar-refractivity contribution in [1.29, 1.82) is 0 Å². The number of aromatic nitrogens is 4. The Morgan fingerprint density at radius 1 is 1.53 bits per heavy atom. The molecule has 2 N–H and O–H groups in total. The van der Waals surface area contributed by atoms with Crippen LogP contribution in [0, 0.1) is 0 Å². The van der Waals surface area contributed by atoms with Gasteiger partial charge in [-0.05, 0) is 12.1 Å². The van der Waals surface area contributed by atoms with Gasteiger partial charge in [-0.2, -0.15) is 18.0 Å². The van der Waals surface area contributed by atoms with E-state index in [1.807, 2.05) is 5.32 Å². The van der Waals surface area contributed by atoms with Crippen molar-refractivity contribution in [2.24, 2.45) is 7.05 Å². The third-order valence-corrected chi connectivity index (χ3v) is 2.14. The molecule has 0 aliphatic rings. The van der Waals surface area contributed by atoms with E-state index in [1.165, 1.54) is 7.05 Å². The number of carboxylic acids is 1. The highest BCUT2D eigenvalue weighted by Gasteiger charge is 2.57. The van der Waals surface area contributed by atoms with Crippen LogP contribution in [0.2, 0.25) is 0 Å². The quantitative estimate of drug-likeness (QED) is 0.765. The zero-order chi connectivity index (χ0) is 13.3. The number of carboxylic acid groups (broad SMARTS) is 1. The maximum atomic E-state index is 12.6. The van der Waals surface area contributed by atoms with Gasteiger partial charge in [-0.1, -0.05) is 0 Å². The van der Waals surface area contributed by atoms with Gasteiger partial charge < -0.3 is 5.11 Å². The van der Waals surface area contributed by atoms with E-state index in [0.29, 0.717) is 6.92 Å². The molecule has 0 aliphatic heterocycles. The van der Waals surface area contributed by atoms with E-state index < -0.39 is 24.2 Å². The van der Waals surface area contributed by atoms with E-state index in [2.05, 4.69) is 15.4 Å². The molecule has 1 atom stereocenters. The maximum Gasteiger partial charge on any atom is 0.417 e. The Kier molecular flexibility index (Phi) is 3.36. The van der Waals surface area contributed by atoms with Crippen LogP contribution in [0.15, 0.2) is 0 Å². The molecule has 0 saturated carbocycles. The Labute approximate surface area is 93.6 Å². The minimum atomic E-state index is -4.93. The third kappa shape index (κ3) is 2.70. The molecule has 0 radical (unpaired) electrons. The number of alkyl halides is 3. The number of nitrogens with zero attached hydrogens (tertiary/aromatic N) is 4. The summed E-state index contributed by atoms with van der Waals surface area (Å²) >= 11 is 0. The van der Waals surface area contributed by atoms with Crippen LogP contribution in [-0.2, 0) is 18.4 Å². The van der Waals surface area contributed by atoms with Gasteiger partial charge in [0.1, 0.15) is 0 Å². The average molecular weight is 253 g/mol. The van der Waals surface area contributed by atoms with Crippen molar-refractivity contribution >= 4 is 5.97 Å². The summed E-state index contributed by atoms with van der Waals surface area (Å²) in [5.41, 5.74) is -3.05. The van der Waals surface area contributed by atoms with Gasteiger partial charge in [-0.15, -0.1) is 10.2 Å². The molecule has 0 amide bonds. The van der Waals surface area contributed by atoms with Gasteiger partial charge in [-0.25, -0.2) is 4.79 Å². The Morgan fingerprint density at radius 2 is 2.12 bits per heavy atom. The Bertz CT molecular complexity index is 418. The monoisotopic (exact) mass is 253 g/mol. The molecule has 1 heterocycles. The SMILES string of the molecule is Cn1nnc(CNC(C)(C(=O)O)C(F)(F)F)n1. The van der Waals surface area contributed by atoms with E-state index >= 15 is 0 Å². The molecule has 0 aromatic carbocycles. The van der Waals surface area contributed by atoms with Gasteiger partial charge in [0.05, 0.1) is 13.6 Å². The summed E-state index contributed by atoms with van der Waals surface area (Å²) in [5.74, 6) is -2.04. The number of hydrogen-bond donors (Lipinski definition) is 2. The zero-order valence-corrected chi connectivity index (χ0v) is 8.99. The zero-order valence-electron chi connectivity index (χ0n) is 8.99. The Morgan fingerprint density at radius 3 is 2.47 bits per heavy atom. The van der Waals surface area contributed by atoms with Crippen LogP contribution in [0.25, 0.3) is 0 Å². The highest BCUT2D eigenvalue weighted by atomic mass is 19.4. The Balaban J connectivity index is 2.79. The predicted molar refractivity (Wildman–Crippen MR) is 47.7 cm³/mol. The molecule has 10 heteroatoms. The van der Waals surface area contributed by atoms with Crippen LogP contribution in [0.4, 0.5) is 13.2 Å². The van der Waals surface area contributed by atoms with E-state index in [-0.39, 0.29) is 5.82 Å². The smallest absolute Gasteiger partial charge is 0.417 e. The first-order valence-electron chi connectivity index (χ1n) is 4.45. The van der Waals surface area contributed by atoms with Gasteiger partial charge in [-0.3, -0.25) is 5.32 Å². The van der Waals surface area contributed by atoms with Crippen LogP contribution in [0.3, 0.4) is 0 Å². The summed E-state index contributed by atoms with van der Waals surface area (Å²) in [6.07, 6.45) is -4.93. The molecule has 17 heavy (non-hydrogen) atoms. The molecule has 1 rings (SSSR count). The van der Waals surface area contributed by atoms with E-state index in [4.69, 9.17) is 5.11 Å². The topological polar surface area (TPSA) is 92.9 Å². The summed E-state index contributed by atoms with van der Waals surface area (Å²) in [6, 6.07) is 0. The lowest BCUT2D eigenvalue weighted by molar-refractivity contribution is -0.206. The molecule has 0 bridgehead atoms. The summed E-state index contributed by atoms with van der Waals surface area (Å²) in [5, 5.41) is 20.9. The number of aryl methyl sites for hydroxylation is 1. The lowest BCUT2D eigenvalue weighted by Gasteiger charge is -2.28. The first-order valence-corrected chi connectivity index (χ1v) is 4.45. The fraction of sp³-hybridized carbons (Fsp3) is 0.714. The largest absolute Gasteiger partial charge is 0.480 e. The minimum absolute atomic E-state index is 0.0239. The molecule has 0 spiro atoms. The molecule has 0 fully saturated rings. The van der Waals surface area contributed by atoms with Crippen molar-refractivity contribution < 1.29 is 23.1 Å². The fourth-order valence-electron chi connectivity index (χ4n) is 0.947. The fourth-order valence-corrected chi connectivity index (χ4v) is 0.947. The van der Waals surface area contributed by atoms with Crippen LogP contribution >= 0.6 is 0 Å². The number of aliphatic carboxylic acids is 1. The minimum Gasteiger partial charge on any atom is -0.480 e. The van der Waals surface area contributed by atoms with Crippen LogP contribution < -0.4 is 5.32 Å². The highest BCUT2D eigenvalue weighted by Crippen LogP contribution is 2.30. The van der Waals surface area contributed by atoms with Crippen molar-refractivity contribution in [2.75, 3.05) is 0 Å². The van der Waals surface area contributed by atoms with Crippen molar-refractivity contribution in [3.05, 3.63) is 5.82 Å². The molecule has 0 aliphatic carbocycles. The summed E-state index contributed by atoms with van der Waals surface area (Å²) in [7, 11) is 1.44. The molecule has 1 aromatic heterocycles. The summed E-state index contributed by atoms with van der Waals surface area (Å²) in [6.45, 7) is 0.0852. The number of hydrogen-bond acceptors (Lipinski definition) is 5. The maximum absolute atomic E-state index is 12.6. The molecule has 96 valence electrons. The highest BCUT2D eigenvalue weighted by molar-refractivity contribution is 5.79. The standard InChI is InChI=1S/C7H10F3N5O2/c1-6(5(16)17,7(8,9)10)11-3-4-12-14-15(2)13-4/h11H,3H2,1-2H3,(H,16,17).